The van der Waals surface area contributed by atoms with Crippen LogP contribution in [0.25, 0.3) is 11.0 Å². The highest BCUT2D eigenvalue weighted by Crippen LogP contribution is 2.34. The number of hydrogen-bond donors (Lipinski definition) is 1. The molecule has 0 aliphatic rings. The molecule has 1 atom stereocenters. The molecular formula is C27H24N2O4. The monoisotopic (exact) mass is 440 g/mol. The third-order valence-corrected chi connectivity index (χ3v) is 6.47. The number of ketones is 1. The van der Waals surface area contributed by atoms with Crippen molar-refractivity contribution in [2.75, 3.05) is 0 Å². The summed E-state index contributed by atoms with van der Waals surface area (Å²) in [5.41, 5.74) is 3.17. The number of carbonyl (C=O) groups is 1. The summed E-state index contributed by atoms with van der Waals surface area (Å²) in [7, 11) is 0. The Labute approximate surface area is 191 Å². The predicted molar refractivity (Wildman–Crippen MR) is 126 cm³/mol. The Hall–Kier alpha value is -4.11. The van der Waals surface area contributed by atoms with Gasteiger partial charge < -0.3 is 9.52 Å². The zero-order valence-corrected chi connectivity index (χ0v) is 19.2. The van der Waals surface area contributed by atoms with Gasteiger partial charge in [-0.25, -0.2) is 0 Å². The minimum atomic E-state index is -0.645. The number of benzene rings is 2. The van der Waals surface area contributed by atoms with Gasteiger partial charge in [-0.2, -0.15) is 5.26 Å². The van der Waals surface area contributed by atoms with Gasteiger partial charge in [-0.05, 0) is 56.9 Å². The van der Waals surface area contributed by atoms with Gasteiger partial charge in [0.05, 0.1) is 11.6 Å². The van der Waals surface area contributed by atoms with Crippen LogP contribution in [-0.2, 0) is 0 Å². The van der Waals surface area contributed by atoms with Crippen molar-refractivity contribution in [1.29, 1.82) is 5.26 Å². The number of nitriles is 1. The van der Waals surface area contributed by atoms with Crippen molar-refractivity contribution in [3.63, 3.8) is 0 Å². The van der Waals surface area contributed by atoms with Crippen molar-refractivity contribution in [3.8, 4) is 11.9 Å². The van der Waals surface area contributed by atoms with Crippen LogP contribution in [-0.4, -0.2) is 15.5 Å². The van der Waals surface area contributed by atoms with E-state index in [-0.39, 0.29) is 22.5 Å². The van der Waals surface area contributed by atoms with Crippen LogP contribution in [0.2, 0.25) is 0 Å². The fourth-order valence-electron chi connectivity index (χ4n) is 4.28. The Kier molecular flexibility index (Phi) is 5.43. The largest absolute Gasteiger partial charge is 0.494 e. The Morgan fingerprint density at radius 1 is 1.03 bits per heavy atom. The molecule has 0 bridgehead atoms. The zero-order chi connectivity index (χ0) is 24.0. The fraction of sp³-hybridized carbons (Fsp3) is 0.222. The molecule has 0 aliphatic heterocycles. The Morgan fingerprint density at radius 2 is 1.70 bits per heavy atom. The van der Waals surface area contributed by atoms with E-state index in [1.165, 1.54) is 6.92 Å². The molecule has 0 saturated carbocycles. The predicted octanol–water partition coefficient (Wildman–Crippen LogP) is 5.25. The van der Waals surface area contributed by atoms with Crippen molar-refractivity contribution < 1.29 is 14.3 Å². The summed E-state index contributed by atoms with van der Waals surface area (Å²) in [5.74, 6) is -0.967. The summed E-state index contributed by atoms with van der Waals surface area (Å²) < 4.78 is 7.09. The van der Waals surface area contributed by atoms with Gasteiger partial charge in [-0.1, -0.05) is 42.5 Å². The lowest BCUT2D eigenvalue weighted by molar-refractivity contribution is 0.100. The second-order valence-corrected chi connectivity index (χ2v) is 8.34. The highest BCUT2D eigenvalue weighted by atomic mass is 16.3. The summed E-state index contributed by atoms with van der Waals surface area (Å²) in [6, 6.07) is 14.3. The van der Waals surface area contributed by atoms with Crippen molar-refractivity contribution in [3.05, 3.63) is 97.5 Å². The molecule has 1 N–H and O–H groups in total. The average molecular weight is 440 g/mol. The van der Waals surface area contributed by atoms with E-state index in [2.05, 4.69) is 0 Å². The van der Waals surface area contributed by atoms with Crippen molar-refractivity contribution >= 4 is 16.8 Å². The normalized spacial score (nSPS) is 12.0. The second-order valence-electron chi connectivity index (χ2n) is 8.34. The number of carbonyl (C=O) groups excluding carboxylic acids is 1. The number of rotatable bonds is 4. The maximum Gasteiger partial charge on any atom is 0.272 e. The highest BCUT2D eigenvalue weighted by Gasteiger charge is 2.30. The lowest BCUT2D eigenvalue weighted by atomic mass is 9.97. The third kappa shape index (κ3) is 3.33. The van der Waals surface area contributed by atoms with Gasteiger partial charge in [0.25, 0.3) is 5.56 Å². The SMILES string of the molecule is Cc1ccc2c(C)c(C(=O)c3c(C)c(C#N)c(=O)n(C(C)c4ccccc4)c3O)oc2c1C. The first-order chi connectivity index (χ1) is 15.7. The molecule has 2 heterocycles. The minimum absolute atomic E-state index is 0.0820. The molecule has 2 aromatic carbocycles. The number of aromatic hydroxyl groups is 1. The van der Waals surface area contributed by atoms with Crippen LogP contribution in [0, 0.1) is 39.0 Å². The second kappa shape index (κ2) is 8.10. The molecule has 0 spiro atoms. The zero-order valence-electron chi connectivity index (χ0n) is 19.2. The first kappa shape index (κ1) is 22.1. The quantitative estimate of drug-likeness (QED) is 0.438. The van der Waals surface area contributed by atoms with Gasteiger partial charge in [0.1, 0.15) is 17.2 Å². The molecule has 0 amide bonds. The molecule has 33 heavy (non-hydrogen) atoms. The van der Waals surface area contributed by atoms with E-state index < -0.39 is 23.3 Å². The van der Waals surface area contributed by atoms with Crippen molar-refractivity contribution in [1.82, 2.24) is 4.57 Å². The molecule has 166 valence electrons. The van der Waals surface area contributed by atoms with E-state index in [4.69, 9.17) is 4.42 Å². The maximum atomic E-state index is 13.7. The summed E-state index contributed by atoms with van der Waals surface area (Å²) in [6.07, 6.45) is 0. The molecular weight excluding hydrogens is 416 g/mol. The number of hydrogen-bond acceptors (Lipinski definition) is 5. The molecule has 0 saturated heterocycles. The highest BCUT2D eigenvalue weighted by molar-refractivity contribution is 6.13. The van der Waals surface area contributed by atoms with Crippen LogP contribution in [0.15, 0.2) is 51.7 Å². The molecule has 2 aromatic heterocycles. The molecule has 4 rings (SSSR count). The van der Waals surface area contributed by atoms with Gasteiger partial charge >= 0.3 is 0 Å². The van der Waals surface area contributed by atoms with Crippen LogP contribution >= 0.6 is 0 Å². The van der Waals surface area contributed by atoms with E-state index in [0.29, 0.717) is 11.1 Å². The van der Waals surface area contributed by atoms with E-state index in [0.717, 1.165) is 26.6 Å². The molecule has 0 fully saturated rings. The summed E-state index contributed by atoms with van der Waals surface area (Å²) in [6.45, 7) is 8.91. The Balaban J connectivity index is 1.99. The summed E-state index contributed by atoms with van der Waals surface area (Å²) >= 11 is 0. The number of aromatic nitrogens is 1. The minimum Gasteiger partial charge on any atom is -0.494 e. The van der Waals surface area contributed by atoms with E-state index in [1.54, 1.807) is 13.8 Å². The number of furan rings is 1. The first-order valence-electron chi connectivity index (χ1n) is 10.7. The van der Waals surface area contributed by atoms with E-state index in [1.807, 2.05) is 62.4 Å². The molecule has 1 unspecified atom stereocenters. The fourth-order valence-corrected chi connectivity index (χ4v) is 4.28. The molecule has 6 nitrogen and oxygen atoms in total. The average Bonchev–Trinajstić information content (AvgIpc) is 3.14. The number of nitrogens with zero attached hydrogens (tertiary/aromatic N) is 2. The molecule has 0 aliphatic carbocycles. The van der Waals surface area contributed by atoms with Crippen LogP contribution in [0.4, 0.5) is 0 Å². The summed E-state index contributed by atoms with van der Waals surface area (Å²) in [4.78, 5) is 26.8. The van der Waals surface area contributed by atoms with Gasteiger partial charge in [-0.15, -0.1) is 0 Å². The lowest BCUT2D eigenvalue weighted by Gasteiger charge is -2.21. The summed E-state index contributed by atoms with van der Waals surface area (Å²) in [5, 5.41) is 21.7. The first-order valence-corrected chi connectivity index (χ1v) is 10.7. The Bertz CT molecular complexity index is 1520. The van der Waals surface area contributed by atoms with Crippen molar-refractivity contribution in [2.24, 2.45) is 0 Å². The Morgan fingerprint density at radius 3 is 2.33 bits per heavy atom. The van der Waals surface area contributed by atoms with Crippen LogP contribution in [0.5, 0.6) is 5.88 Å². The lowest BCUT2D eigenvalue weighted by Crippen LogP contribution is -2.29. The van der Waals surface area contributed by atoms with Crippen molar-refractivity contribution in [2.45, 2.75) is 40.7 Å². The smallest absolute Gasteiger partial charge is 0.272 e. The van der Waals surface area contributed by atoms with Gasteiger partial charge in [0.15, 0.2) is 5.76 Å². The van der Waals surface area contributed by atoms with E-state index in [9.17, 15) is 20.0 Å². The van der Waals surface area contributed by atoms with E-state index >= 15 is 0 Å². The van der Waals surface area contributed by atoms with Gasteiger partial charge in [0, 0.05) is 10.9 Å². The molecule has 4 aromatic rings. The third-order valence-electron chi connectivity index (χ3n) is 6.47. The maximum absolute atomic E-state index is 13.7. The van der Waals surface area contributed by atoms with Crippen LogP contribution in [0.3, 0.4) is 0 Å². The molecule has 6 heteroatoms. The topological polar surface area (TPSA) is 96.2 Å². The molecule has 0 radical (unpaired) electrons. The van der Waals surface area contributed by atoms with Gasteiger partial charge in [0.2, 0.25) is 11.7 Å². The van der Waals surface area contributed by atoms with Gasteiger partial charge in [-0.3, -0.25) is 14.2 Å². The number of pyridine rings is 1. The van der Waals surface area contributed by atoms with Crippen LogP contribution < -0.4 is 5.56 Å². The number of aryl methyl sites for hydroxylation is 3. The standard InChI is InChI=1S/C27H24N2O4/c1-14-11-12-20-17(4)25(33-24(20)15(14)2)23(30)22-16(3)21(13-28)26(31)29(27(22)32)18(5)19-9-7-6-8-10-19/h6-12,18,32H,1-5H3. The van der Waals surface area contributed by atoms with Crippen LogP contribution in [0.1, 0.15) is 62.5 Å². The number of fused-ring (bicyclic) bond motifs is 1.